The molecule has 1 N–H and O–H groups in total. The van der Waals surface area contributed by atoms with Gasteiger partial charge in [0.2, 0.25) is 0 Å². The number of amides is 1. The van der Waals surface area contributed by atoms with Gasteiger partial charge in [-0.25, -0.2) is 0 Å². The van der Waals surface area contributed by atoms with E-state index >= 15 is 0 Å². The normalized spacial score (nSPS) is 16.4. The molecule has 1 heterocycles. The molecule has 29 heavy (non-hydrogen) atoms. The van der Waals surface area contributed by atoms with Crippen molar-refractivity contribution in [3.8, 4) is 5.75 Å². The fraction of sp³-hybridized carbons (Fsp3) is 0.125. The number of rotatable bonds is 5. The highest BCUT2D eigenvalue weighted by molar-refractivity contribution is 9.10. The number of hydrogen-bond acceptors (Lipinski definition) is 3. The van der Waals surface area contributed by atoms with Crippen LogP contribution in [0.25, 0.3) is 5.57 Å². The third kappa shape index (κ3) is 3.78. The molecule has 0 radical (unpaired) electrons. The second kappa shape index (κ2) is 8.13. The van der Waals surface area contributed by atoms with Crippen molar-refractivity contribution < 1.29 is 14.6 Å². The molecule has 1 aliphatic rings. The predicted octanol–water partition coefficient (Wildman–Crippen LogP) is 5.51. The molecule has 1 atom stereocenters. The molecule has 1 aliphatic heterocycles. The number of ether oxygens (including phenoxy) is 1. The van der Waals surface area contributed by atoms with E-state index in [0.29, 0.717) is 12.1 Å². The summed E-state index contributed by atoms with van der Waals surface area (Å²) < 4.78 is 6.18. The van der Waals surface area contributed by atoms with Crippen molar-refractivity contribution >= 4 is 27.4 Å². The summed E-state index contributed by atoms with van der Waals surface area (Å²) >= 11 is 3.47. The maximum absolute atomic E-state index is 13.1. The highest BCUT2D eigenvalue weighted by Gasteiger charge is 2.40. The average molecular weight is 450 g/mol. The molecular weight excluding hydrogens is 430 g/mol. The van der Waals surface area contributed by atoms with Gasteiger partial charge in [0, 0.05) is 16.6 Å². The molecule has 1 unspecified atom stereocenters. The topological polar surface area (TPSA) is 49.8 Å². The Morgan fingerprint density at radius 2 is 1.62 bits per heavy atom. The van der Waals surface area contributed by atoms with Crippen molar-refractivity contribution in [2.45, 2.75) is 12.6 Å². The Hall–Kier alpha value is -3.05. The second-order valence-electron chi connectivity index (χ2n) is 6.86. The maximum Gasteiger partial charge on any atom is 0.290 e. The van der Waals surface area contributed by atoms with E-state index in [1.807, 2.05) is 78.9 Å². The number of carbonyl (C=O) groups is 1. The van der Waals surface area contributed by atoms with E-state index in [9.17, 15) is 9.90 Å². The zero-order chi connectivity index (χ0) is 20.4. The smallest absolute Gasteiger partial charge is 0.290 e. The van der Waals surface area contributed by atoms with Gasteiger partial charge < -0.3 is 14.7 Å². The zero-order valence-corrected chi connectivity index (χ0v) is 17.5. The number of aliphatic hydroxyl groups excluding tert-OH is 1. The van der Waals surface area contributed by atoms with Crippen LogP contribution in [0.15, 0.2) is 89.1 Å². The van der Waals surface area contributed by atoms with Gasteiger partial charge in [0.1, 0.15) is 5.75 Å². The van der Waals surface area contributed by atoms with Crippen LogP contribution in [0.5, 0.6) is 5.75 Å². The number of benzene rings is 3. The first-order valence-electron chi connectivity index (χ1n) is 9.26. The summed E-state index contributed by atoms with van der Waals surface area (Å²) in [6.45, 7) is 0.379. The minimum absolute atomic E-state index is 0.197. The van der Waals surface area contributed by atoms with E-state index in [-0.39, 0.29) is 17.7 Å². The van der Waals surface area contributed by atoms with E-state index in [4.69, 9.17) is 4.74 Å². The Kier molecular flexibility index (Phi) is 5.41. The first-order valence-corrected chi connectivity index (χ1v) is 10.1. The van der Waals surface area contributed by atoms with Crippen molar-refractivity contribution in [3.05, 3.63) is 106 Å². The van der Waals surface area contributed by atoms with Crippen LogP contribution in [-0.4, -0.2) is 23.0 Å². The molecule has 0 aromatic heterocycles. The molecule has 0 aliphatic carbocycles. The molecule has 0 saturated carbocycles. The lowest BCUT2D eigenvalue weighted by Gasteiger charge is -2.27. The lowest BCUT2D eigenvalue weighted by Crippen LogP contribution is -2.29. The van der Waals surface area contributed by atoms with Gasteiger partial charge in [-0.05, 0) is 41.0 Å². The molecule has 0 saturated heterocycles. The number of nitrogens with zero attached hydrogens (tertiary/aromatic N) is 1. The molecule has 4 rings (SSSR count). The van der Waals surface area contributed by atoms with E-state index in [2.05, 4.69) is 15.9 Å². The summed E-state index contributed by atoms with van der Waals surface area (Å²) in [5, 5.41) is 10.8. The van der Waals surface area contributed by atoms with Gasteiger partial charge in [-0.3, -0.25) is 4.79 Å². The fourth-order valence-corrected chi connectivity index (χ4v) is 3.91. The monoisotopic (exact) mass is 449 g/mol. The van der Waals surface area contributed by atoms with Crippen molar-refractivity contribution in [2.75, 3.05) is 7.11 Å². The summed E-state index contributed by atoms with van der Waals surface area (Å²) in [4.78, 5) is 14.8. The first kappa shape index (κ1) is 19.3. The molecule has 3 aromatic rings. The molecule has 0 fully saturated rings. The number of hydrogen-bond donors (Lipinski definition) is 1. The third-order valence-electron chi connectivity index (χ3n) is 5.09. The molecule has 3 aromatic carbocycles. The highest BCUT2D eigenvalue weighted by Crippen LogP contribution is 2.43. The van der Waals surface area contributed by atoms with E-state index in [1.165, 1.54) is 0 Å². The van der Waals surface area contributed by atoms with Gasteiger partial charge in [0.05, 0.1) is 13.2 Å². The van der Waals surface area contributed by atoms with E-state index in [1.54, 1.807) is 12.0 Å². The van der Waals surface area contributed by atoms with Crippen LogP contribution in [0.3, 0.4) is 0 Å². The van der Waals surface area contributed by atoms with Gasteiger partial charge in [-0.1, -0.05) is 70.5 Å². The van der Waals surface area contributed by atoms with Crippen molar-refractivity contribution in [2.24, 2.45) is 0 Å². The van der Waals surface area contributed by atoms with Crippen LogP contribution in [0.1, 0.15) is 22.7 Å². The van der Waals surface area contributed by atoms with Crippen LogP contribution < -0.4 is 4.74 Å². The summed E-state index contributed by atoms with van der Waals surface area (Å²) in [6, 6.07) is 24.7. The Labute approximate surface area is 178 Å². The Morgan fingerprint density at radius 3 is 2.24 bits per heavy atom. The fourth-order valence-electron chi connectivity index (χ4n) is 3.65. The van der Waals surface area contributed by atoms with Crippen molar-refractivity contribution in [3.63, 3.8) is 0 Å². The lowest BCUT2D eigenvalue weighted by atomic mass is 9.93. The summed E-state index contributed by atoms with van der Waals surface area (Å²) in [5.41, 5.74) is 3.37. The minimum atomic E-state index is -0.375. The average Bonchev–Trinajstić information content (AvgIpc) is 3.00. The summed E-state index contributed by atoms with van der Waals surface area (Å²) in [6.07, 6.45) is 0. The Bertz CT molecular complexity index is 1040. The molecular formula is C24H20BrNO3. The molecule has 1 amide bonds. The molecule has 146 valence electrons. The number of aliphatic hydroxyl groups is 1. The minimum Gasteiger partial charge on any atom is -0.503 e. The zero-order valence-electron chi connectivity index (χ0n) is 15.9. The standard InChI is InChI=1S/C24H20BrNO3/c1-29-20-13-7-16(8-14-20)15-26-22(18-9-11-19(25)12-10-18)21(23(27)24(26)28)17-5-3-2-4-6-17/h2-14,22,27H,15H2,1H3. The van der Waals surface area contributed by atoms with Crippen LogP contribution in [0.4, 0.5) is 0 Å². The van der Waals surface area contributed by atoms with Crippen LogP contribution >= 0.6 is 15.9 Å². The van der Waals surface area contributed by atoms with Crippen LogP contribution in [0, 0.1) is 0 Å². The summed E-state index contributed by atoms with van der Waals surface area (Å²) in [5.74, 6) is 0.196. The van der Waals surface area contributed by atoms with Gasteiger partial charge in [-0.15, -0.1) is 0 Å². The van der Waals surface area contributed by atoms with Gasteiger partial charge in [0.15, 0.2) is 5.76 Å². The molecule has 4 nitrogen and oxygen atoms in total. The van der Waals surface area contributed by atoms with E-state index < -0.39 is 0 Å². The number of halogens is 1. The van der Waals surface area contributed by atoms with Gasteiger partial charge in [0.25, 0.3) is 5.91 Å². The number of carbonyl (C=O) groups excluding carboxylic acids is 1. The lowest BCUT2D eigenvalue weighted by molar-refractivity contribution is -0.130. The van der Waals surface area contributed by atoms with Crippen LogP contribution in [-0.2, 0) is 11.3 Å². The SMILES string of the molecule is COc1ccc(CN2C(=O)C(O)=C(c3ccccc3)C2c2ccc(Br)cc2)cc1. The Balaban J connectivity index is 1.77. The van der Waals surface area contributed by atoms with Gasteiger partial charge >= 0.3 is 0 Å². The molecule has 0 spiro atoms. The maximum atomic E-state index is 13.1. The summed E-state index contributed by atoms with van der Waals surface area (Å²) in [7, 11) is 1.62. The highest BCUT2D eigenvalue weighted by atomic mass is 79.9. The van der Waals surface area contributed by atoms with Crippen molar-refractivity contribution in [1.82, 2.24) is 4.90 Å². The second-order valence-corrected chi connectivity index (χ2v) is 7.78. The number of methoxy groups -OCH3 is 1. The quantitative estimate of drug-likeness (QED) is 0.558. The third-order valence-corrected chi connectivity index (χ3v) is 5.61. The van der Waals surface area contributed by atoms with E-state index in [0.717, 1.165) is 26.9 Å². The first-order chi connectivity index (χ1) is 14.1. The van der Waals surface area contributed by atoms with Gasteiger partial charge in [-0.2, -0.15) is 0 Å². The largest absolute Gasteiger partial charge is 0.503 e. The van der Waals surface area contributed by atoms with Crippen molar-refractivity contribution in [1.29, 1.82) is 0 Å². The molecule has 5 heteroatoms. The Morgan fingerprint density at radius 1 is 0.966 bits per heavy atom. The predicted molar refractivity (Wildman–Crippen MR) is 116 cm³/mol. The molecule has 0 bridgehead atoms. The van der Waals surface area contributed by atoms with Crippen LogP contribution in [0.2, 0.25) is 0 Å².